The number of thiazole rings is 1. The summed E-state index contributed by atoms with van der Waals surface area (Å²) in [5.41, 5.74) is 4.34. The number of hydrogen-bond donors (Lipinski definition) is 0. The van der Waals surface area contributed by atoms with E-state index in [-0.39, 0.29) is 5.97 Å². The highest BCUT2D eigenvalue weighted by molar-refractivity contribution is 7.09. The summed E-state index contributed by atoms with van der Waals surface area (Å²) >= 11 is 1.69. The van der Waals surface area contributed by atoms with Crippen LogP contribution >= 0.6 is 11.3 Å². The van der Waals surface area contributed by atoms with Gasteiger partial charge in [-0.1, -0.05) is 17.4 Å². The molecule has 4 nitrogen and oxygen atoms in total. The van der Waals surface area contributed by atoms with E-state index in [4.69, 9.17) is 4.74 Å². The lowest BCUT2D eigenvalue weighted by molar-refractivity contribution is -0.690. The second-order valence-corrected chi connectivity index (χ2v) is 5.21. The van der Waals surface area contributed by atoms with Crippen LogP contribution in [-0.4, -0.2) is 17.6 Å². The first kappa shape index (κ1) is 13.7. The van der Waals surface area contributed by atoms with Crippen LogP contribution in [0.25, 0.3) is 0 Å². The van der Waals surface area contributed by atoms with Gasteiger partial charge in [0.25, 0.3) is 0 Å². The van der Waals surface area contributed by atoms with Crippen molar-refractivity contribution in [1.82, 2.24) is 4.98 Å². The average molecular weight is 277 g/mol. The van der Waals surface area contributed by atoms with Gasteiger partial charge in [-0.2, -0.15) is 4.57 Å². The quantitative estimate of drug-likeness (QED) is 0.619. The number of rotatable bonds is 5. The summed E-state index contributed by atoms with van der Waals surface area (Å²) in [6, 6.07) is 5.92. The van der Waals surface area contributed by atoms with Crippen molar-refractivity contribution < 1.29 is 14.1 Å². The summed E-state index contributed by atoms with van der Waals surface area (Å²) in [6.07, 6.45) is 2.57. The molecular formula is C14H17N2O2S+. The number of hydrogen-bond acceptors (Lipinski definition) is 4. The zero-order valence-corrected chi connectivity index (χ0v) is 11.9. The van der Waals surface area contributed by atoms with E-state index in [2.05, 4.69) is 22.0 Å². The Bertz CT molecular complexity index is 552. The summed E-state index contributed by atoms with van der Waals surface area (Å²) in [7, 11) is 0. The summed E-state index contributed by atoms with van der Waals surface area (Å²) in [5.74, 6) is -0.226. The molecule has 2 heterocycles. The molecule has 0 radical (unpaired) electrons. The zero-order chi connectivity index (χ0) is 13.7. The number of ether oxygens (including phenoxy) is 1. The standard InChI is InChI=1S/C14H17N2O2S/c1-11-14(6-8-18-12(2)17)19-10-16(11)9-13-5-3-4-7-15-13/h3-5,7,10H,6,8-9H2,1-2H3/q+1. The van der Waals surface area contributed by atoms with Crippen molar-refractivity contribution in [2.75, 3.05) is 6.61 Å². The first-order valence-electron chi connectivity index (χ1n) is 6.16. The van der Waals surface area contributed by atoms with E-state index in [0.29, 0.717) is 6.61 Å². The average Bonchev–Trinajstić information content (AvgIpc) is 2.72. The maximum absolute atomic E-state index is 10.7. The predicted molar refractivity (Wildman–Crippen MR) is 72.9 cm³/mol. The second-order valence-electron chi connectivity index (χ2n) is 4.27. The van der Waals surface area contributed by atoms with Crippen LogP contribution in [0.2, 0.25) is 0 Å². The van der Waals surface area contributed by atoms with E-state index in [1.165, 1.54) is 17.5 Å². The van der Waals surface area contributed by atoms with Crippen molar-refractivity contribution in [3.8, 4) is 0 Å². The number of nitrogens with zero attached hydrogens (tertiary/aromatic N) is 2. The summed E-state index contributed by atoms with van der Waals surface area (Å²) in [4.78, 5) is 16.3. The molecule has 0 aliphatic heterocycles. The van der Waals surface area contributed by atoms with Crippen molar-refractivity contribution in [2.45, 2.75) is 26.8 Å². The van der Waals surface area contributed by atoms with Crippen LogP contribution in [0, 0.1) is 6.92 Å². The molecular weight excluding hydrogens is 260 g/mol. The maximum Gasteiger partial charge on any atom is 0.302 e. The van der Waals surface area contributed by atoms with Crippen LogP contribution in [0.5, 0.6) is 0 Å². The molecule has 0 fully saturated rings. The van der Waals surface area contributed by atoms with Crippen molar-refractivity contribution in [3.63, 3.8) is 0 Å². The first-order valence-corrected chi connectivity index (χ1v) is 7.04. The number of aromatic nitrogens is 2. The molecule has 0 atom stereocenters. The third kappa shape index (κ3) is 3.86. The molecule has 0 saturated carbocycles. The second kappa shape index (κ2) is 6.43. The number of pyridine rings is 1. The Kier molecular flexibility index (Phi) is 4.63. The van der Waals surface area contributed by atoms with Crippen LogP contribution < -0.4 is 4.57 Å². The third-order valence-electron chi connectivity index (χ3n) is 2.85. The van der Waals surface area contributed by atoms with E-state index < -0.39 is 0 Å². The van der Waals surface area contributed by atoms with Gasteiger partial charge in [-0.05, 0) is 12.1 Å². The lowest BCUT2D eigenvalue weighted by Crippen LogP contribution is -2.35. The smallest absolute Gasteiger partial charge is 0.302 e. The van der Waals surface area contributed by atoms with E-state index in [1.54, 1.807) is 17.5 Å². The van der Waals surface area contributed by atoms with Gasteiger partial charge in [-0.3, -0.25) is 9.78 Å². The molecule has 100 valence electrons. The molecule has 2 aromatic rings. The van der Waals surface area contributed by atoms with Gasteiger partial charge in [0.05, 0.1) is 11.5 Å². The van der Waals surface area contributed by atoms with Gasteiger partial charge in [0.2, 0.25) is 5.51 Å². The topological polar surface area (TPSA) is 43.1 Å². The van der Waals surface area contributed by atoms with Gasteiger partial charge < -0.3 is 4.74 Å². The molecule has 19 heavy (non-hydrogen) atoms. The lowest BCUT2D eigenvalue weighted by Gasteiger charge is -1.99. The van der Waals surface area contributed by atoms with Crippen molar-refractivity contribution in [3.05, 3.63) is 46.2 Å². The predicted octanol–water partition coefficient (Wildman–Crippen LogP) is 1.89. The molecule has 0 saturated heterocycles. The van der Waals surface area contributed by atoms with Gasteiger partial charge in [-0.15, -0.1) is 0 Å². The van der Waals surface area contributed by atoms with E-state index >= 15 is 0 Å². The molecule has 0 aliphatic rings. The van der Waals surface area contributed by atoms with E-state index in [9.17, 15) is 4.79 Å². The van der Waals surface area contributed by atoms with E-state index in [0.717, 1.165) is 18.7 Å². The van der Waals surface area contributed by atoms with Crippen LogP contribution in [0.4, 0.5) is 0 Å². The molecule has 5 heteroatoms. The molecule has 0 spiro atoms. The Labute approximate surface area is 116 Å². The maximum atomic E-state index is 10.7. The van der Waals surface area contributed by atoms with Crippen molar-refractivity contribution >= 4 is 17.3 Å². The Morgan fingerprint density at radius 3 is 3.00 bits per heavy atom. The Hall–Kier alpha value is -1.75. The fraction of sp³-hybridized carbons (Fsp3) is 0.357. The Morgan fingerprint density at radius 1 is 1.47 bits per heavy atom. The van der Waals surface area contributed by atoms with Crippen LogP contribution in [0.3, 0.4) is 0 Å². The zero-order valence-electron chi connectivity index (χ0n) is 11.1. The van der Waals surface area contributed by atoms with Crippen LogP contribution in [-0.2, 0) is 22.5 Å². The minimum absolute atomic E-state index is 0.226. The highest BCUT2D eigenvalue weighted by Crippen LogP contribution is 2.12. The number of carbonyl (C=O) groups excluding carboxylic acids is 1. The monoisotopic (exact) mass is 277 g/mol. The fourth-order valence-corrected chi connectivity index (χ4v) is 2.78. The SMILES string of the molecule is CC(=O)OCCc1sc[n+](Cc2ccccn2)c1C. The largest absolute Gasteiger partial charge is 0.465 e. The van der Waals surface area contributed by atoms with Gasteiger partial charge in [-0.25, -0.2) is 0 Å². The third-order valence-corrected chi connectivity index (χ3v) is 3.99. The fourth-order valence-electron chi connectivity index (χ4n) is 1.80. The summed E-state index contributed by atoms with van der Waals surface area (Å²) < 4.78 is 7.15. The molecule has 0 amide bonds. The Morgan fingerprint density at radius 2 is 2.32 bits per heavy atom. The Balaban J connectivity index is 2.00. The van der Waals surface area contributed by atoms with Crippen LogP contribution in [0.15, 0.2) is 29.9 Å². The molecule has 0 N–H and O–H groups in total. The number of esters is 1. The molecule has 0 aliphatic carbocycles. The van der Waals surface area contributed by atoms with Crippen molar-refractivity contribution in [2.24, 2.45) is 0 Å². The highest BCUT2D eigenvalue weighted by atomic mass is 32.1. The normalized spacial score (nSPS) is 10.4. The highest BCUT2D eigenvalue weighted by Gasteiger charge is 2.16. The lowest BCUT2D eigenvalue weighted by atomic mass is 10.3. The van der Waals surface area contributed by atoms with Gasteiger partial charge >= 0.3 is 5.97 Å². The first-order chi connectivity index (χ1) is 9.16. The summed E-state index contributed by atoms with van der Waals surface area (Å²) in [5, 5.41) is 0. The van der Waals surface area contributed by atoms with Gasteiger partial charge in [0.1, 0.15) is 5.69 Å². The number of carbonyl (C=O) groups is 1. The van der Waals surface area contributed by atoms with E-state index in [1.807, 2.05) is 18.2 Å². The van der Waals surface area contributed by atoms with Crippen LogP contribution in [0.1, 0.15) is 23.2 Å². The molecule has 0 unspecified atom stereocenters. The van der Waals surface area contributed by atoms with Gasteiger partial charge in [0, 0.05) is 26.5 Å². The molecule has 0 bridgehead atoms. The van der Waals surface area contributed by atoms with Crippen molar-refractivity contribution in [1.29, 1.82) is 0 Å². The van der Waals surface area contributed by atoms with Gasteiger partial charge in [0.15, 0.2) is 12.2 Å². The molecule has 2 rings (SSSR count). The molecule has 2 aromatic heterocycles. The summed E-state index contributed by atoms with van der Waals surface area (Å²) in [6.45, 7) is 4.74. The molecule has 0 aromatic carbocycles. The minimum atomic E-state index is -0.226. The minimum Gasteiger partial charge on any atom is -0.465 e.